The predicted octanol–water partition coefficient (Wildman–Crippen LogP) is 5.39. The average molecular weight is 431 g/mol. The first-order chi connectivity index (χ1) is 15.4. The molecule has 5 heteroatoms. The molecular formula is C27H34N4O. The minimum atomic E-state index is 0.115. The third-order valence-electron chi connectivity index (χ3n) is 6.29. The van der Waals surface area contributed by atoms with Gasteiger partial charge >= 0.3 is 0 Å². The molecule has 32 heavy (non-hydrogen) atoms. The number of anilines is 1. The lowest BCUT2D eigenvalue weighted by Crippen LogP contribution is -2.45. The summed E-state index contributed by atoms with van der Waals surface area (Å²) in [6.45, 7) is 10.8. The van der Waals surface area contributed by atoms with Gasteiger partial charge < -0.3 is 10.2 Å². The quantitative estimate of drug-likeness (QED) is 0.570. The van der Waals surface area contributed by atoms with Gasteiger partial charge in [-0.05, 0) is 74.1 Å². The van der Waals surface area contributed by atoms with E-state index in [2.05, 4.69) is 61.5 Å². The van der Waals surface area contributed by atoms with Gasteiger partial charge in [-0.15, -0.1) is 0 Å². The molecule has 1 aromatic heterocycles. The lowest BCUT2D eigenvalue weighted by molar-refractivity contribution is 0.0715. The fourth-order valence-corrected chi connectivity index (χ4v) is 4.42. The Morgan fingerprint density at radius 1 is 1.09 bits per heavy atom. The van der Waals surface area contributed by atoms with Crippen LogP contribution in [0.1, 0.15) is 65.5 Å². The molecule has 0 unspecified atom stereocenters. The van der Waals surface area contributed by atoms with Crippen molar-refractivity contribution in [3.63, 3.8) is 0 Å². The van der Waals surface area contributed by atoms with Crippen LogP contribution >= 0.6 is 0 Å². The number of hydrogen-bond donors (Lipinski definition) is 1. The maximum absolute atomic E-state index is 13.1. The van der Waals surface area contributed by atoms with Crippen LogP contribution in [-0.2, 0) is 6.54 Å². The van der Waals surface area contributed by atoms with E-state index in [1.165, 1.54) is 5.56 Å². The summed E-state index contributed by atoms with van der Waals surface area (Å²) in [5, 5.41) is 8.15. The summed E-state index contributed by atoms with van der Waals surface area (Å²) in [6.07, 6.45) is 2.10. The second kappa shape index (κ2) is 9.60. The molecule has 1 N–H and O–H groups in total. The zero-order chi connectivity index (χ0) is 22.7. The van der Waals surface area contributed by atoms with Crippen molar-refractivity contribution in [2.75, 3.05) is 18.4 Å². The molecule has 2 aromatic carbocycles. The molecule has 168 valence electrons. The number of hydrogen-bond acceptors (Lipinski definition) is 3. The van der Waals surface area contributed by atoms with E-state index >= 15 is 0 Å². The molecule has 1 saturated heterocycles. The highest BCUT2D eigenvalue weighted by Gasteiger charge is 2.24. The zero-order valence-corrected chi connectivity index (χ0v) is 19.6. The second-order valence-electron chi connectivity index (χ2n) is 9.29. The van der Waals surface area contributed by atoms with Crippen molar-refractivity contribution in [2.45, 2.75) is 59.0 Å². The summed E-state index contributed by atoms with van der Waals surface area (Å²) in [4.78, 5) is 15.1. The first kappa shape index (κ1) is 22.1. The van der Waals surface area contributed by atoms with Crippen LogP contribution in [0, 0.1) is 13.8 Å². The van der Waals surface area contributed by atoms with Gasteiger partial charge in [0.25, 0.3) is 5.91 Å². The van der Waals surface area contributed by atoms with Crippen molar-refractivity contribution in [1.82, 2.24) is 14.7 Å². The highest BCUT2D eigenvalue weighted by Crippen LogP contribution is 2.21. The van der Waals surface area contributed by atoms with Crippen molar-refractivity contribution in [2.24, 2.45) is 0 Å². The highest BCUT2D eigenvalue weighted by atomic mass is 16.2. The minimum Gasteiger partial charge on any atom is -0.381 e. The fraction of sp³-hybridized carbons (Fsp3) is 0.407. The number of nitrogens with zero attached hydrogens (tertiary/aromatic N) is 3. The monoisotopic (exact) mass is 430 g/mol. The Morgan fingerprint density at radius 3 is 2.44 bits per heavy atom. The van der Waals surface area contributed by atoms with Crippen molar-refractivity contribution >= 4 is 11.6 Å². The number of nitrogens with one attached hydrogen (secondary N) is 1. The lowest BCUT2D eigenvalue weighted by Gasteiger charge is -2.34. The summed E-state index contributed by atoms with van der Waals surface area (Å²) >= 11 is 0. The Bertz CT molecular complexity index is 1050. The molecule has 0 saturated carbocycles. The van der Waals surface area contributed by atoms with Crippen molar-refractivity contribution in [1.29, 1.82) is 0 Å². The van der Waals surface area contributed by atoms with Gasteiger partial charge in [-0.3, -0.25) is 9.48 Å². The van der Waals surface area contributed by atoms with Gasteiger partial charge in [-0.1, -0.05) is 38.1 Å². The van der Waals surface area contributed by atoms with Crippen molar-refractivity contribution < 1.29 is 4.79 Å². The summed E-state index contributed by atoms with van der Waals surface area (Å²) in [7, 11) is 0. The Hall–Kier alpha value is -3.08. The Morgan fingerprint density at radius 2 is 1.81 bits per heavy atom. The molecule has 0 aliphatic carbocycles. The smallest absolute Gasteiger partial charge is 0.253 e. The standard InChI is InChI=1S/C27H34N4O/c1-19(2)23-11-13-25(14-12-23)28-26-6-5-15-30(18-26)27(32)24-9-7-22(8-10-24)17-31-21(4)16-20(3)29-31/h7-14,16,19,26,28H,5-6,15,17-18H2,1-4H3/t26-/m0/s1. The Kier molecular flexibility index (Phi) is 6.63. The molecule has 0 bridgehead atoms. The summed E-state index contributed by atoms with van der Waals surface area (Å²) in [5.74, 6) is 0.648. The number of aryl methyl sites for hydroxylation is 2. The number of aromatic nitrogens is 2. The van der Waals surface area contributed by atoms with Crippen molar-refractivity contribution in [3.8, 4) is 0 Å². The fourth-order valence-electron chi connectivity index (χ4n) is 4.42. The van der Waals surface area contributed by atoms with Crippen LogP contribution < -0.4 is 5.32 Å². The molecule has 1 aliphatic heterocycles. The lowest BCUT2D eigenvalue weighted by atomic mass is 10.0. The van der Waals surface area contributed by atoms with Crippen LogP contribution in [0.25, 0.3) is 0 Å². The van der Waals surface area contributed by atoms with E-state index in [-0.39, 0.29) is 11.9 Å². The van der Waals surface area contributed by atoms with Gasteiger partial charge in [0.1, 0.15) is 0 Å². The molecule has 5 nitrogen and oxygen atoms in total. The third kappa shape index (κ3) is 5.21. The first-order valence-corrected chi connectivity index (χ1v) is 11.6. The van der Waals surface area contributed by atoms with Crippen LogP contribution in [0.4, 0.5) is 5.69 Å². The van der Waals surface area contributed by atoms with Crippen molar-refractivity contribution in [3.05, 3.63) is 82.7 Å². The maximum Gasteiger partial charge on any atom is 0.253 e. The molecular weight excluding hydrogens is 396 g/mol. The number of carbonyl (C=O) groups is 1. The second-order valence-corrected chi connectivity index (χ2v) is 9.29. The molecule has 4 rings (SSSR count). The van der Waals surface area contributed by atoms with E-state index in [0.29, 0.717) is 5.92 Å². The molecule has 1 amide bonds. The molecule has 0 radical (unpaired) electrons. The topological polar surface area (TPSA) is 50.2 Å². The Labute approximate surface area is 191 Å². The number of amides is 1. The molecule has 2 heterocycles. The van der Waals surface area contributed by atoms with E-state index in [9.17, 15) is 4.79 Å². The number of likely N-dealkylation sites (tertiary alicyclic amines) is 1. The summed E-state index contributed by atoms with van der Waals surface area (Å²) in [6, 6.07) is 19.0. The van der Waals surface area contributed by atoms with Gasteiger partial charge in [0.15, 0.2) is 0 Å². The van der Waals surface area contributed by atoms with Crippen LogP contribution in [0.3, 0.4) is 0 Å². The van der Waals surface area contributed by atoms with Crippen LogP contribution in [0.2, 0.25) is 0 Å². The molecule has 3 aromatic rings. The van der Waals surface area contributed by atoms with E-state index in [0.717, 1.165) is 60.7 Å². The van der Waals surface area contributed by atoms with Gasteiger partial charge in [0, 0.05) is 36.1 Å². The predicted molar refractivity (Wildman–Crippen MR) is 130 cm³/mol. The van der Waals surface area contributed by atoms with Crippen LogP contribution in [-0.4, -0.2) is 39.7 Å². The maximum atomic E-state index is 13.1. The first-order valence-electron chi connectivity index (χ1n) is 11.6. The molecule has 0 spiro atoms. The SMILES string of the molecule is Cc1cc(C)n(Cc2ccc(C(=O)N3CCC[C@H](Nc4ccc(C(C)C)cc4)C3)cc2)n1. The van der Waals surface area contributed by atoms with Crippen LogP contribution in [0.15, 0.2) is 54.6 Å². The van der Waals surface area contributed by atoms with Crippen LogP contribution in [0.5, 0.6) is 0 Å². The number of benzene rings is 2. The number of carbonyl (C=O) groups excluding carboxylic acids is 1. The average Bonchev–Trinajstić information content (AvgIpc) is 3.11. The van der Waals surface area contributed by atoms with E-state index in [4.69, 9.17) is 0 Å². The minimum absolute atomic E-state index is 0.115. The summed E-state index contributed by atoms with van der Waals surface area (Å²) < 4.78 is 2.00. The van der Waals surface area contributed by atoms with Gasteiger partial charge in [0.2, 0.25) is 0 Å². The third-order valence-corrected chi connectivity index (χ3v) is 6.29. The normalized spacial score (nSPS) is 16.4. The van der Waals surface area contributed by atoms with Gasteiger partial charge in [-0.2, -0.15) is 5.10 Å². The highest BCUT2D eigenvalue weighted by molar-refractivity contribution is 5.94. The Balaban J connectivity index is 1.36. The molecule has 1 atom stereocenters. The van der Waals surface area contributed by atoms with E-state index < -0.39 is 0 Å². The largest absolute Gasteiger partial charge is 0.381 e. The molecule has 1 aliphatic rings. The van der Waals surface area contributed by atoms with E-state index in [1.807, 2.05) is 40.8 Å². The van der Waals surface area contributed by atoms with Gasteiger partial charge in [0.05, 0.1) is 12.2 Å². The summed E-state index contributed by atoms with van der Waals surface area (Å²) in [5.41, 5.74) is 6.55. The molecule has 1 fully saturated rings. The van der Waals surface area contributed by atoms with E-state index in [1.54, 1.807) is 0 Å². The van der Waals surface area contributed by atoms with Gasteiger partial charge in [-0.25, -0.2) is 0 Å². The number of piperidine rings is 1. The zero-order valence-electron chi connectivity index (χ0n) is 19.6. The number of rotatable bonds is 6.